The predicted octanol–water partition coefficient (Wildman–Crippen LogP) is 5.36. The lowest BCUT2D eigenvalue weighted by atomic mass is 10.0. The van der Waals surface area contributed by atoms with E-state index in [0.29, 0.717) is 6.04 Å². The minimum absolute atomic E-state index is 0.375. The smallest absolute Gasteiger partial charge is 0.0511 e. The summed E-state index contributed by atoms with van der Waals surface area (Å²) in [6, 6.07) is 19.6. The average Bonchev–Trinajstić information content (AvgIpc) is 2.47. The number of para-hydroxylation sites is 1. The van der Waals surface area contributed by atoms with Crippen LogP contribution < -0.4 is 5.32 Å². The molecule has 0 aromatic heterocycles. The molecule has 1 nitrogen and oxygen atoms in total. The number of hydrogen-bond acceptors (Lipinski definition) is 2. The minimum Gasteiger partial charge on any atom is -0.377 e. The lowest BCUT2D eigenvalue weighted by Crippen LogP contribution is -2.10. The SMILES string of the molecule is CCSc1ccccc1NC(CC)c1ccccc1. The van der Waals surface area contributed by atoms with Crippen LogP contribution in [0.15, 0.2) is 59.5 Å². The van der Waals surface area contributed by atoms with Crippen molar-refractivity contribution in [3.05, 3.63) is 60.2 Å². The summed E-state index contributed by atoms with van der Waals surface area (Å²) in [7, 11) is 0. The topological polar surface area (TPSA) is 12.0 Å². The van der Waals surface area contributed by atoms with Gasteiger partial charge in [-0.05, 0) is 29.9 Å². The number of nitrogens with one attached hydrogen (secondary N) is 1. The molecule has 1 atom stereocenters. The van der Waals surface area contributed by atoms with E-state index in [1.807, 2.05) is 11.8 Å². The first-order chi connectivity index (χ1) is 9.35. The van der Waals surface area contributed by atoms with E-state index < -0.39 is 0 Å². The zero-order chi connectivity index (χ0) is 13.5. The molecule has 2 rings (SSSR count). The lowest BCUT2D eigenvalue weighted by molar-refractivity contribution is 0.747. The standard InChI is InChI=1S/C17H21NS/c1-3-15(14-10-6-5-7-11-14)18-16-12-8-9-13-17(16)19-4-2/h5-13,15,18H,3-4H2,1-2H3. The Kier molecular flexibility index (Phi) is 5.34. The van der Waals surface area contributed by atoms with Crippen LogP contribution in [0.25, 0.3) is 0 Å². The van der Waals surface area contributed by atoms with E-state index >= 15 is 0 Å². The van der Waals surface area contributed by atoms with E-state index in [1.54, 1.807) is 0 Å². The Balaban J connectivity index is 2.19. The fourth-order valence-corrected chi connectivity index (χ4v) is 2.93. The van der Waals surface area contributed by atoms with Gasteiger partial charge in [0.2, 0.25) is 0 Å². The number of rotatable bonds is 6. The van der Waals surface area contributed by atoms with Gasteiger partial charge in [-0.2, -0.15) is 0 Å². The third-order valence-corrected chi connectivity index (χ3v) is 4.08. The van der Waals surface area contributed by atoms with Gasteiger partial charge in [-0.1, -0.05) is 56.3 Å². The molecule has 19 heavy (non-hydrogen) atoms. The molecule has 2 aromatic carbocycles. The molecular formula is C17H21NS. The number of benzene rings is 2. The second-order valence-corrected chi connectivity index (χ2v) is 5.75. The Bertz CT molecular complexity index is 496. The summed E-state index contributed by atoms with van der Waals surface area (Å²) in [4.78, 5) is 1.33. The molecule has 2 aromatic rings. The van der Waals surface area contributed by atoms with Crippen LogP contribution in [-0.4, -0.2) is 5.75 Å². The van der Waals surface area contributed by atoms with E-state index in [9.17, 15) is 0 Å². The van der Waals surface area contributed by atoms with Gasteiger partial charge >= 0.3 is 0 Å². The van der Waals surface area contributed by atoms with Gasteiger partial charge in [-0.15, -0.1) is 11.8 Å². The monoisotopic (exact) mass is 271 g/mol. The quantitative estimate of drug-likeness (QED) is 0.710. The van der Waals surface area contributed by atoms with E-state index in [1.165, 1.54) is 16.1 Å². The van der Waals surface area contributed by atoms with Gasteiger partial charge in [0.15, 0.2) is 0 Å². The third-order valence-electron chi connectivity index (χ3n) is 3.13. The first-order valence-electron chi connectivity index (χ1n) is 6.88. The highest BCUT2D eigenvalue weighted by Gasteiger charge is 2.10. The minimum atomic E-state index is 0.375. The molecule has 0 bridgehead atoms. The Labute approximate surface area is 120 Å². The zero-order valence-electron chi connectivity index (χ0n) is 11.6. The maximum atomic E-state index is 3.68. The summed E-state index contributed by atoms with van der Waals surface area (Å²) in [5.41, 5.74) is 2.59. The van der Waals surface area contributed by atoms with Crippen molar-refractivity contribution in [1.82, 2.24) is 0 Å². The predicted molar refractivity (Wildman–Crippen MR) is 85.9 cm³/mol. The first kappa shape index (κ1) is 14.0. The van der Waals surface area contributed by atoms with Crippen molar-refractivity contribution in [2.75, 3.05) is 11.1 Å². The second kappa shape index (κ2) is 7.25. The van der Waals surface area contributed by atoms with Crippen molar-refractivity contribution in [2.45, 2.75) is 31.2 Å². The Morgan fingerprint density at radius 3 is 2.32 bits per heavy atom. The molecule has 0 amide bonds. The fourth-order valence-electron chi connectivity index (χ4n) is 2.16. The number of hydrogen-bond donors (Lipinski definition) is 1. The van der Waals surface area contributed by atoms with Crippen LogP contribution in [0.3, 0.4) is 0 Å². The molecule has 0 fully saturated rings. The lowest BCUT2D eigenvalue weighted by Gasteiger charge is -2.20. The number of anilines is 1. The maximum Gasteiger partial charge on any atom is 0.0511 e. The molecule has 100 valence electrons. The summed E-state index contributed by atoms with van der Waals surface area (Å²) in [5, 5.41) is 3.68. The highest BCUT2D eigenvalue weighted by Crippen LogP contribution is 2.30. The van der Waals surface area contributed by atoms with Gasteiger partial charge < -0.3 is 5.32 Å². The van der Waals surface area contributed by atoms with Gasteiger partial charge in [0, 0.05) is 10.6 Å². The average molecular weight is 271 g/mol. The molecular weight excluding hydrogens is 250 g/mol. The Morgan fingerprint density at radius 2 is 1.63 bits per heavy atom. The summed E-state index contributed by atoms with van der Waals surface area (Å²) in [6.07, 6.45) is 1.08. The normalized spacial score (nSPS) is 12.1. The number of thioether (sulfide) groups is 1. The highest BCUT2D eigenvalue weighted by atomic mass is 32.2. The Morgan fingerprint density at radius 1 is 0.947 bits per heavy atom. The van der Waals surface area contributed by atoms with Crippen LogP contribution in [0.1, 0.15) is 31.9 Å². The molecule has 1 unspecified atom stereocenters. The fraction of sp³-hybridized carbons (Fsp3) is 0.294. The van der Waals surface area contributed by atoms with Gasteiger partial charge in [0.25, 0.3) is 0 Å². The van der Waals surface area contributed by atoms with E-state index in [2.05, 4.69) is 73.8 Å². The van der Waals surface area contributed by atoms with Crippen LogP contribution in [0.2, 0.25) is 0 Å². The van der Waals surface area contributed by atoms with Crippen molar-refractivity contribution >= 4 is 17.4 Å². The molecule has 0 aliphatic carbocycles. The van der Waals surface area contributed by atoms with E-state index in [0.717, 1.165) is 12.2 Å². The van der Waals surface area contributed by atoms with E-state index in [-0.39, 0.29) is 0 Å². The summed E-state index contributed by atoms with van der Waals surface area (Å²) < 4.78 is 0. The summed E-state index contributed by atoms with van der Waals surface area (Å²) in [6.45, 7) is 4.41. The molecule has 0 heterocycles. The third kappa shape index (κ3) is 3.77. The molecule has 0 saturated heterocycles. The van der Waals surface area contributed by atoms with Gasteiger partial charge in [-0.3, -0.25) is 0 Å². The van der Waals surface area contributed by atoms with Gasteiger partial charge in [0.1, 0.15) is 0 Å². The molecule has 0 radical (unpaired) electrons. The zero-order valence-corrected chi connectivity index (χ0v) is 12.4. The van der Waals surface area contributed by atoms with Crippen LogP contribution in [0.4, 0.5) is 5.69 Å². The van der Waals surface area contributed by atoms with Gasteiger partial charge in [-0.25, -0.2) is 0 Å². The summed E-state index contributed by atoms with van der Waals surface area (Å²) >= 11 is 1.89. The van der Waals surface area contributed by atoms with Crippen LogP contribution >= 0.6 is 11.8 Å². The first-order valence-corrected chi connectivity index (χ1v) is 7.87. The van der Waals surface area contributed by atoms with E-state index in [4.69, 9.17) is 0 Å². The maximum absolute atomic E-state index is 3.68. The molecule has 2 heteroatoms. The van der Waals surface area contributed by atoms with Crippen molar-refractivity contribution in [1.29, 1.82) is 0 Å². The van der Waals surface area contributed by atoms with Crippen molar-refractivity contribution in [3.63, 3.8) is 0 Å². The Hall–Kier alpha value is -1.41. The van der Waals surface area contributed by atoms with Crippen molar-refractivity contribution < 1.29 is 0 Å². The molecule has 0 saturated carbocycles. The largest absolute Gasteiger partial charge is 0.377 e. The summed E-state index contributed by atoms with van der Waals surface area (Å²) in [5.74, 6) is 1.10. The van der Waals surface area contributed by atoms with Crippen LogP contribution in [0.5, 0.6) is 0 Å². The second-order valence-electron chi connectivity index (χ2n) is 4.45. The molecule has 0 aliphatic rings. The van der Waals surface area contributed by atoms with Crippen molar-refractivity contribution in [3.8, 4) is 0 Å². The van der Waals surface area contributed by atoms with Crippen LogP contribution in [0, 0.1) is 0 Å². The molecule has 1 N–H and O–H groups in total. The van der Waals surface area contributed by atoms with Crippen molar-refractivity contribution in [2.24, 2.45) is 0 Å². The van der Waals surface area contributed by atoms with Crippen LogP contribution in [-0.2, 0) is 0 Å². The molecule has 0 spiro atoms. The highest BCUT2D eigenvalue weighted by molar-refractivity contribution is 7.99. The van der Waals surface area contributed by atoms with Gasteiger partial charge in [0.05, 0.1) is 6.04 Å². The molecule has 0 aliphatic heterocycles.